The molecule has 7 heteroatoms. The second-order valence-electron chi connectivity index (χ2n) is 5.03. The molecular weight excluding hydrogens is 374 g/mol. The lowest BCUT2D eigenvalue weighted by Gasteiger charge is -2.01. The van der Waals surface area contributed by atoms with E-state index in [0.29, 0.717) is 11.1 Å². The van der Waals surface area contributed by atoms with E-state index in [2.05, 4.69) is 21.0 Å². The molecule has 0 radical (unpaired) electrons. The number of ether oxygens (including phenoxy) is 1. The topological polar surface area (TPSA) is 81.1 Å². The molecule has 0 bridgehead atoms. The van der Waals surface area contributed by atoms with E-state index >= 15 is 0 Å². The third kappa shape index (κ3) is 3.46. The molecule has 0 amide bonds. The maximum atomic E-state index is 12.3. The van der Waals surface area contributed by atoms with Gasteiger partial charge in [-0.3, -0.25) is 4.79 Å². The first-order valence-corrected chi connectivity index (χ1v) is 7.92. The Kier molecular flexibility index (Phi) is 4.61. The Bertz CT molecular complexity index is 912. The Morgan fingerprint density at radius 3 is 2.50 bits per heavy atom. The second-order valence-corrected chi connectivity index (χ2v) is 5.94. The normalized spacial score (nSPS) is 10.6. The molecule has 0 saturated carbocycles. The van der Waals surface area contributed by atoms with Gasteiger partial charge in [0.05, 0.1) is 7.11 Å². The Morgan fingerprint density at radius 2 is 1.88 bits per heavy atom. The van der Waals surface area contributed by atoms with Crippen molar-refractivity contribution in [3.8, 4) is 17.2 Å². The van der Waals surface area contributed by atoms with E-state index in [0.717, 1.165) is 10.2 Å². The number of hydrogen-bond acceptors (Lipinski definition) is 5. The Hall–Kier alpha value is -2.67. The number of halogens is 1. The van der Waals surface area contributed by atoms with Gasteiger partial charge in [-0.15, -0.1) is 5.10 Å². The van der Waals surface area contributed by atoms with E-state index in [-0.39, 0.29) is 23.9 Å². The minimum atomic E-state index is -0.175. The number of nitrogens with one attached hydrogen (secondary N) is 1. The van der Waals surface area contributed by atoms with Crippen LogP contribution >= 0.6 is 15.9 Å². The highest BCUT2D eigenvalue weighted by Gasteiger charge is 2.13. The van der Waals surface area contributed by atoms with Gasteiger partial charge in [-0.1, -0.05) is 28.1 Å². The lowest BCUT2D eigenvalue weighted by molar-refractivity contribution is 0.0964. The van der Waals surface area contributed by atoms with Crippen LogP contribution in [0.15, 0.2) is 57.4 Å². The summed E-state index contributed by atoms with van der Waals surface area (Å²) in [7, 11) is 1.59. The maximum Gasteiger partial charge on any atom is 0.313 e. The lowest BCUT2D eigenvalue weighted by Crippen LogP contribution is -2.21. The molecule has 0 spiro atoms. The first kappa shape index (κ1) is 16.2. The van der Waals surface area contributed by atoms with Crippen LogP contribution in [0, 0.1) is 5.41 Å². The van der Waals surface area contributed by atoms with Crippen LogP contribution in [0.3, 0.4) is 0 Å². The minimum absolute atomic E-state index is 0.0554. The van der Waals surface area contributed by atoms with Crippen LogP contribution in [0.4, 0.5) is 0 Å². The zero-order valence-electron chi connectivity index (χ0n) is 12.8. The Balaban J connectivity index is 1.82. The fraction of sp³-hybridized carbons (Fsp3) is 0.118. The minimum Gasteiger partial charge on any atom is -0.497 e. The van der Waals surface area contributed by atoms with Crippen molar-refractivity contribution in [1.82, 2.24) is 9.78 Å². The Labute approximate surface area is 146 Å². The van der Waals surface area contributed by atoms with Crippen molar-refractivity contribution in [2.45, 2.75) is 6.54 Å². The number of hydrogen-bond donors (Lipinski definition) is 1. The number of nitrogens with zero attached hydrogens (tertiary/aromatic N) is 2. The molecule has 6 nitrogen and oxygen atoms in total. The number of carbonyl (C=O) groups excluding carboxylic acids is 1. The third-order valence-corrected chi connectivity index (χ3v) is 3.96. The number of aromatic nitrogens is 2. The van der Waals surface area contributed by atoms with Gasteiger partial charge in [-0.2, -0.15) is 0 Å². The predicted octanol–water partition coefficient (Wildman–Crippen LogP) is 3.28. The van der Waals surface area contributed by atoms with E-state index < -0.39 is 0 Å². The lowest BCUT2D eigenvalue weighted by atomic mass is 10.1. The number of benzene rings is 2. The van der Waals surface area contributed by atoms with Crippen LogP contribution in [-0.4, -0.2) is 22.7 Å². The molecule has 1 N–H and O–H groups in total. The summed E-state index contributed by atoms with van der Waals surface area (Å²) in [5, 5.41) is 12.1. The number of carbonyl (C=O) groups is 1. The largest absolute Gasteiger partial charge is 0.497 e. The maximum absolute atomic E-state index is 12.3. The predicted molar refractivity (Wildman–Crippen MR) is 90.8 cm³/mol. The van der Waals surface area contributed by atoms with Gasteiger partial charge in [-0.25, -0.2) is 10.1 Å². The summed E-state index contributed by atoms with van der Waals surface area (Å²) in [5.41, 5.74) is 1.09. The van der Waals surface area contributed by atoms with Gasteiger partial charge < -0.3 is 9.15 Å². The van der Waals surface area contributed by atoms with Crippen LogP contribution < -0.4 is 10.4 Å². The summed E-state index contributed by atoms with van der Waals surface area (Å²) in [5.74, 6) is 0.858. The standard InChI is InChI=1S/C17H14BrN3O3/c1-23-14-8-4-12(5-9-14)16-20-21(17(19)24-16)10-15(22)11-2-6-13(18)7-3-11/h2-9,19H,10H2,1H3. The van der Waals surface area contributed by atoms with E-state index in [1.54, 1.807) is 55.6 Å². The SMILES string of the molecule is COc1ccc(-c2nn(CC(=O)c3ccc(Br)cc3)c(=N)o2)cc1. The molecule has 3 rings (SSSR count). The molecule has 3 aromatic rings. The third-order valence-electron chi connectivity index (χ3n) is 3.44. The molecule has 0 aliphatic heterocycles. The average Bonchev–Trinajstić information content (AvgIpc) is 2.96. The summed E-state index contributed by atoms with van der Waals surface area (Å²) in [6.07, 6.45) is 0. The summed E-state index contributed by atoms with van der Waals surface area (Å²) >= 11 is 3.33. The van der Waals surface area contributed by atoms with Crippen LogP contribution in [0.25, 0.3) is 11.5 Å². The number of Topliss-reactive ketones (excluding diaryl/α,β-unsaturated/α-hetero) is 1. The zero-order valence-corrected chi connectivity index (χ0v) is 14.4. The van der Waals surface area contributed by atoms with Crippen LogP contribution in [0.1, 0.15) is 10.4 Å². The Morgan fingerprint density at radius 1 is 1.21 bits per heavy atom. The summed E-state index contributed by atoms with van der Waals surface area (Å²) < 4.78 is 12.6. The number of methoxy groups -OCH3 is 1. The van der Waals surface area contributed by atoms with E-state index in [4.69, 9.17) is 14.6 Å². The smallest absolute Gasteiger partial charge is 0.313 e. The van der Waals surface area contributed by atoms with E-state index in [1.165, 1.54) is 4.68 Å². The molecule has 24 heavy (non-hydrogen) atoms. The number of ketones is 1. The van der Waals surface area contributed by atoms with Gasteiger partial charge in [0.1, 0.15) is 12.3 Å². The molecule has 0 aliphatic carbocycles. The zero-order chi connectivity index (χ0) is 17.1. The van der Waals surface area contributed by atoms with Crippen LogP contribution in [0.5, 0.6) is 5.75 Å². The second kappa shape index (κ2) is 6.84. The molecule has 2 aromatic carbocycles. The van der Waals surface area contributed by atoms with Gasteiger partial charge in [0.25, 0.3) is 0 Å². The molecule has 0 fully saturated rings. The summed E-state index contributed by atoms with van der Waals surface area (Å²) in [6, 6.07) is 14.2. The van der Waals surface area contributed by atoms with Gasteiger partial charge in [0, 0.05) is 15.6 Å². The summed E-state index contributed by atoms with van der Waals surface area (Å²) in [6.45, 7) is -0.0554. The first-order valence-electron chi connectivity index (χ1n) is 7.12. The first-order chi connectivity index (χ1) is 11.6. The van der Waals surface area contributed by atoms with Gasteiger partial charge >= 0.3 is 5.68 Å². The average molecular weight is 388 g/mol. The highest BCUT2D eigenvalue weighted by Crippen LogP contribution is 2.19. The van der Waals surface area contributed by atoms with E-state index in [1.807, 2.05) is 0 Å². The molecule has 0 unspecified atom stereocenters. The van der Waals surface area contributed by atoms with Crippen molar-refractivity contribution < 1.29 is 13.9 Å². The van der Waals surface area contributed by atoms with Crippen molar-refractivity contribution >= 4 is 21.7 Å². The fourth-order valence-electron chi connectivity index (χ4n) is 2.14. The quantitative estimate of drug-likeness (QED) is 0.681. The van der Waals surface area contributed by atoms with Gasteiger partial charge in [-0.05, 0) is 36.4 Å². The fourth-order valence-corrected chi connectivity index (χ4v) is 2.40. The van der Waals surface area contributed by atoms with Crippen molar-refractivity contribution in [1.29, 1.82) is 5.41 Å². The van der Waals surface area contributed by atoms with Gasteiger partial charge in [0.15, 0.2) is 5.78 Å². The molecule has 1 heterocycles. The molecule has 0 aliphatic rings. The molecule has 122 valence electrons. The van der Waals surface area contributed by atoms with Gasteiger partial charge in [0.2, 0.25) is 5.89 Å². The monoisotopic (exact) mass is 387 g/mol. The van der Waals surface area contributed by atoms with Crippen LogP contribution in [-0.2, 0) is 6.54 Å². The highest BCUT2D eigenvalue weighted by atomic mass is 79.9. The van der Waals surface area contributed by atoms with Crippen LogP contribution in [0.2, 0.25) is 0 Å². The van der Waals surface area contributed by atoms with Crippen molar-refractivity contribution in [3.63, 3.8) is 0 Å². The summed E-state index contributed by atoms with van der Waals surface area (Å²) in [4.78, 5) is 12.3. The van der Waals surface area contributed by atoms with Crippen molar-refractivity contribution in [2.24, 2.45) is 0 Å². The van der Waals surface area contributed by atoms with Crippen molar-refractivity contribution in [3.05, 3.63) is 64.3 Å². The number of rotatable bonds is 5. The molecular formula is C17H14BrN3O3. The molecule has 0 atom stereocenters. The van der Waals surface area contributed by atoms with E-state index in [9.17, 15) is 4.79 Å². The molecule has 0 saturated heterocycles. The van der Waals surface area contributed by atoms with Crippen molar-refractivity contribution in [2.75, 3.05) is 7.11 Å². The highest BCUT2D eigenvalue weighted by molar-refractivity contribution is 9.10. The molecule has 1 aromatic heterocycles.